The lowest BCUT2D eigenvalue weighted by Gasteiger charge is -2.25. The van der Waals surface area contributed by atoms with Crippen LogP contribution in [0, 0.1) is 11.8 Å². The first-order valence-corrected chi connectivity index (χ1v) is 13.3. The number of hydrogen-bond donors (Lipinski definition) is 1. The third-order valence-corrected chi connectivity index (χ3v) is 7.21. The molecule has 1 N–H and O–H groups in total. The molecule has 35 heavy (non-hydrogen) atoms. The van der Waals surface area contributed by atoms with Crippen molar-refractivity contribution >= 4 is 21.9 Å². The number of benzene rings is 2. The van der Waals surface area contributed by atoms with Crippen LogP contribution in [0.2, 0.25) is 0 Å². The molecule has 1 heterocycles. The van der Waals surface area contributed by atoms with E-state index in [1.54, 1.807) is 0 Å². The Hall–Kier alpha value is -3.04. The van der Waals surface area contributed by atoms with Gasteiger partial charge in [-0.15, -0.1) is 5.10 Å². The molecule has 0 aliphatic carbocycles. The molecule has 0 atom stereocenters. The zero-order valence-electron chi connectivity index (χ0n) is 21.0. The van der Waals surface area contributed by atoms with E-state index in [0.717, 1.165) is 12.0 Å². The van der Waals surface area contributed by atoms with Gasteiger partial charge in [0.05, 0.1) is 11.3 Å². The number of sulfonamides is 1. The van der Waals surface area contributed by atoms with Gasteiger partial charge in [-0.2, -0.15) is 4.31 Å². The zero-order chi connectivity index (χ0) is 25.6. The highest BCUT2D eigenvalue weighted by Crippen LogP contribution is 2.20. The Morgan fingerprint density at radius 3 is 2.03 bits per heavy atom. The number of carbonyl (C=O) groups is 1. The first-order chi connectivity index (χ1) is 16.6. The molecule has 0 bridgehead atoms. The second kappa shape index (κ2) is 11.6. The monoisotopic (exact) mass is 498 g/mol. The summed E-state index contributed by atoms with van der Waals surface area (Å²) in [6, 6.07) is 14.0. The summed E-state index contributed by atoms with van der Waals surface area (Å²) in [5.74, 6) is 0.325. The number of amides is 1. The lowest BCUT2D eigenvalue weighted by atomic mass is 10.1. The first-order valence-electron chi connectivity index (χ1n) is 11.9. The van der Waals surface area contributed by atoms with E-state index >= 15 is 0 Å². The van der Waals surface area contributed by atoms with Crippen molar-refractivity contribution in [3.63, 3.8) is 0 Å². The van der Waals surface area contributed by atoms with Crippen LogP contribution in [0.1, 0.15) is 62.0 Å². The molecule has 9 heteroatoms. The average Bonchev–Trinajstić information content (AvgIpc) is 3.25. The lowest BCUT2D eigenvalue weighted by molar-refractivity contribution is 0.102. The van der Waals surface area contributed by atoms with Crippen molar-refractivity contribution in [1.29, 1.82) is 0 Å². The molecule has 0 saturated carbocycles. The van der Waals surface area contributed by atoms with Gasteiger partial charge in [0.2, 0.25) is 15.9 Å². The lowest BCUT2D eigenvalue weighted by Crippen LogP contribution is -2.37. The van der Waals surface area contributed by atoms with Crippen LogP contribution in [-0.4, -0.2) is 41.9 Å². The second-order valence-corrected chi connectivity index (χ2v) is 11.4. The van der Waals surface area contributed by atoms with E-state index < -0.39 is 15.9 Å². The molecular weight excluding hydrogens is 464 g/mol. The summed E-state index contributed by atoms with van der Waals surface area (Å²) >= 11 is 0. The van der Waals surface area contributed by atoms with Crippen LogP contribution in [0.25, 0.3) is 0 Å². The maximum atomic E-state index is 13.2. The van der Waals surface area contributed by atoms with Crippen molar-refractivity contribution < 1.29 is 17.6 Å². The van der Waals surface area contributed by atoms with E-state index in [-0.39, 0.29) is 28.3 Å². The summed E-state index contributed by atoms with van der Waals surface area (Å²) in [7, 11) is -3.66. The predicted molar refractivity (Wildman–Crippen MR) is 136 cm³/mol. The Kier molecular flexibility index (Phi) is 8.80. The van der Waals surface area contributed by atoms with E-state index in [9.17, 15) is 13.2 Å². The fraction of sp³-hybridized carbons (Fsp3) is 0.423. The largest absolute Gasteiger partial charge is 0.407 e. The number of nitrogens with zero attached hydrogens (tertiary/aromatic N) is 3. The number of carbonyl (C=O) groups excluding carboxylic acids is 1. The number of anilines is 1. The van der Waals surface area contributed by atoms with Crippen LogP contribution in [0.15, 0.2) is 57.8 Å². The van der Waals surface area contributed by atoms with E-state index in [0.29, 0.717) is 25.4 Å². The number of nitrogens with one attached hydrogen (secondary N) is 1. The smallest absolute Gasteiger partial charge is 0.322 e. The molecule has 0 aliphatic heterocycles. The molecule has 188 valence electrons. The maximum absolute atomic E-state index is 13.2. The number of rotatable bonds is 11. The van der Waals surface area contributed by atoms with Gasteiger partial charge in [0, 0.05) is 18.7 Å². The molecule has 8 nitrogen and oxygen atoms in total. The minimum atomic E-state index is -3.66. The first kappa shape index (κ1) is 26.6. The molecular formula is C26H34N4O4S. The Morgan fingerprint density at radius 1 is 0.914 bits per heavy atom. The third-order valence-electron chi connectivity index (χ3n) is 5.37. The minimum absolute atomic E-state index is 0.00748. The summed E-state index contributed by atoms with van der Waals surface area (Å²) in [6.45, 7) is 10.9. The molecule has 0 unspecified atom stereocenters. The van der Waals surface area contributed by atoms with Crippen molar-refractivity contribution in [2.45, 2.75) is 52.4 Å². The highest BCUT2D eigenvalue weighted by atomic mass is 32.2. The van der Waals surface area contributed by atoms with Gasteiger partial charge in [0.1, 0.15) is 0 Å². The normalized spacial score (nSPS) is 12.0. The summed E-state index contributed by atoms with van der Waals surface area (Å²) in [5, 5.41) is 10.5. The maximum Gasteiger partial charge on any atom is 0.322 e. The van der Waals surface area contributed by atoms with Crippen LogP contribution in [0.5, 0.6) is 0 Å². The van der Waals surface area contributed by atoms with Gasteiger partial charge in [-0.05, 0) is 53.6 Å². The van der Waals surface area contributed by atoms with Crippen LogP contribution < -0.4 is 5.32 Å². The van der Waals surface area contributed by atoms with E-state index in [1.807, 2.05) is 39.8 Å². The molecule has 3 aromatic rings. The average molecular weight is 499 g/mol. The van der Waals surface area contributed by atoms with Crippen molar-refractivity contribution in [3.8, 4) is 0 Å². The SMILES string of the molecule is CCc1ccc(Cc2nnc(NC(=O)c3ccc(S(=O)(=O)N(CC(C)C)CC(C)C)cc3)o2)cc1. The highest BCUT2D eigenvalue weighted by Gasteiger charge is 2.26. The van der Waals surface area contributed by atoms with Crippen LogP contribution >= 0.6 is 0 Å². The molecule has 0 spiro atoms. The van der Waals surface area contributed by atoms with Crippen molar-refractivity contribution in [2.24, 2.45) is 11.8 Å². The van der Waals surface area contributed by atoms with Crippen molar-refractivity contribution in [3.05, 3.63) is 71.1 Å². The van der Waals surface area contributed by atoms with Gasteiger partial charge >= 0.3 is 6.01 Å². The Bertz CT molecular complexity index is 1210. The summed E-state index contributed by atoms with van der Waals surface area (Å²) in [6.07, 6.45) is 1.43. The summed E-state index contributed by atoms with van der Waals surface area (Å²) < 4.78 is 33.4. The Morgan fingerprint density at radius 2 is 1.49 bits per heavy atom. The van der Waals surface area contributed by atoms with Crippen molar-refractivity contribution in [1.82, 2.24) is 14.5 Å². The molecule has 0 aliphatic rings. The molecule has 1 amide bonds. The number of aryl methyl sites for hydroxylation is 1. The molecule has 3 rings (SSSR count). The molecule has 1 aromatic heterocycles. The zero-order valence-corrected chi connectivity index (χ0v) is 21.8. The standard InChI is InChI=1S/C26H34N4O4S/c1-6-20-7-9-21(10-8-20)15-24-28-29-26(34-24)27-25(31)22-11-13-23(14-12-22)35(32,33)30(16-18(2)3)17-19(4)5/h7-14,18-19H,6,15-17H2,1-5H3,(H,27,29,31). The van der Waals surface area contributed by atoms with E-state index in [2.05, 4.69) is 34.6 Å². The van der Waals surface area contributed by atoms with Crippen molar-refractivity contribution in [2.75, 3.05) is 18.4 Å². The minimum Gasteiger partial charge on any atom is -0.407 e. The van der Waals surface area contributed by atoms with Gasteiger partial charge < -0.3 is 4.42 Å². The van der Waals surface area contributed by atoms with Crippen LogP contribution in [0.4, 0.5) is 6.01 Å². The predicted octanol–water partition coefficient (Wildman–Crippen LogP) is 4.78. The molecule has 0 fully saturated rings. The fourth-order valence-corrected chi connectivity index (χ4v) is 5.39. The van der Waals surface area contributed by atoms with Gasteiger partial charge in [-0.3, -0.25) is 10.1 Å². The quantitative estimate of drug-likeness (QED) is 0.408. The molecule has 0 saturated heterocycles. The summed E-state index contributed by atoms with van der Waals surface area (Å²) in [5.41, 5.74) is 2.57. The third kappa shape index (κ3) is 7.22. The Balaban J connectivity index is 1.66. The van der Waals surface area contributed by atoms with E-state index in [1.165, 1.54) is 34.1 Å². The molecule has 2 aromatic carbocycles. The number of aromatic nitrogens is 2. The second-order valence-electron chi connectivity index (χ2n) is 9.44. The van der Waals surface area contributed by atoms with Gasteiger partial charge in [0.15, 0.2) is 0 Å². The Labute approximate surface area is 207 Å². The van der Waals surface area contributed by atoms with Gasteiger partial charge in [0.25, 0.3) is 5.91 Å². The number of hydrogen-bond acceptors (Lipinski definition) is 6. The topological polar surface area (TPSA) is 105 Å². The fourth-order valence-electron chi connectivity index (χ4n) is 3.62. The summed E-state index contributed by atoms with van der Waals surface area (Å²) in [4.78, 5) is 12.8. The molecule has 0 radical (unpaired) electrons. The van der Waals surface area contributed by atoms with Gasteiger partial charge in [-0.25, -0.2) is 8.42 Å². The van der Waals surface area contributed by atoms with E-state index in [4.69, 9.17) is 4.42 Å². The van der Waals surface area contributed by atoms with Crippen LogP contribution in [0.3, 0.4) is 0 Å². The van der Waals surface area contributed by atoms with Crippen LogP contribution in [-0.2, 0) is 22.9 Å². The highest BCUT2D eigenvalue weighted by molar-refractivity contribution is 7.89. The van der Waals surface area contributed by atoms with Gasteiger partial charge in [-0.1, -0.05) is 64.0 Å².